The molecule has 1 aromatic heterocycles. The first-order valence-electron chi connectivity index (χ1n) is 9.31. The number of aryl methyl sites for hydroxylation is 1. The van der Waals surface area contributed by atoms with Crippen molar-refractivity contribution >= 4 is 5.96 Å². The third-order valence-electron chi connectivity index (χ3n) is 4.44. The van der Waals surface area contributed by atoms with Crippen molar-refractivity contribution in [1.29, 1.82) is 0 Å². The molecular formula is C22H27N5. The zero-order chi connectivity index (χ0) is 18.9. The summed E-state index contributed by atoms with van der Waals surface area (Å²) in [6.07, 6.45) is 4.01. The number of H-pyrrole nitrogens is 1. The first kappa shape index (κ1) is 18.7. The fraction of sp³-hybridized carbons (Fsp3) is 0.273. The van der Waals surface area contributed by atoms with Crippen molar-refractivity contribution in [3.8, 4) is 11.3 Å². The summed E-state index contributed by atoms with van der Waals surface area (Å²) in [7, 11) is 3.84. The minimum Gasteiger partial charge on any atom is -0.356 e. The zero-order valence-electron chi connectivity index (χ0n) is 16.0. The number of aromatic nitrogens is 2. The van der Waals surface area contributed by atoms with Crippen LogP contribution >= 0.6 is 0 Å². The Morgan fingerprint density at radius 3 is 2.48 bits per heavy atom. The number of rotatable bonds is 7. The van der Waals surface area contributed by atoms with Gasteiger partial charge in [-0.25, -0.2) is 4.98 Å². The normalized spacial score (nSPS) is 11.4. The van der Waals surface area contributed by atoms with E-state index in [1.807, 2.05) is 38.5 Å². The lowest BCUT2D eigenvalue weighted by molar-refractivity contribution is 0.463. The molecule has 0 amide bonds. The van der Waals surface area contributed by atoms with Gasteiger partial charge in [-0.15, -0.1) is 0 Å². The maximum absolute atomic E-state index is 4.51. The van der Waals surface area contributed by atoms with Gasteiger partial charge in [0.15, 0.2) is 5.96 Å². The van der Waals surface area contributed by atoms with Gasteiger partial charge < -0.3 is 15.2 Å². The van der Waals surface area contributed by atoms with Crippen molar-refractivity contribution in [2.45, 2.75) is 19.4 Å². The van der Waals surface area contributed by atoms with Gasteiger partial charge in [-0.2, -0.15) is 0 Å². The summed E-state index contributed by atoms with van der Waals surface area (Å²) in [4.78, 5) is 14.4. The van der Waals surface area contributed by atoms with Gasteiger partial charge in [0.25, 0.3) is 0 Å². The third kappa shape index (κ3) is 5.45. The van der Waals surface area contributed by atoms with Crippen molar-refractivity contribution in [2.24, 2.45) is 4.99 Å². The van der Waals surface area contributed by atoms with E-state index >= 15 is 0 Å². The molecule has 0 aliphatic rings. The van der Waals surface area contributed by atoms with E-state index in [0.29, 0.717) is 6.54 Å². The number of nitrogens with zero attached hydrogens (tertiary/aromatic N) is 3. The maximum Gasteiger partial charge on any atom is 0.193 e. The van der Waals surface area contributed by atoms with Crippen molar-refractivity contribution in [3.63, 3.8) is 0 Å². The van der Waals surface area contributed by atoms with Crippen LogP contribution in [0.5, 0.6) is 0 Å². The molecule has 0 spiro atoms. The summed E-state index contributed by atoms with van der Waals surface area (Å²) in [6, 6.07) is 20.8. The van der Waals surface area contributed by atoms with E-state index in [4.69, 9.17) is 0 Å². The van der Waals surface area contributed by atoms with Gasteiger partial charge in [-0.3, -0.25) is 4.99 Å². The molecule has 2 aromatic carbocycles. The van der Waals surface area contributed by atoms with Crippen LogP contribution in [0.4, 0.5) is 0 Å². The lowest BCUT2D eigenvalue weighted by Crippen LogP contribution is -2.39. The Bertz CT molecular complexity index is 839. The number of aliphatic imine (C=N–C) groups is 1. The standard InChI is InChI=1S/C22H27N5/c1-23-22(24-15-9-12-18-10-5-3-6-11-18)27(2)17-21-25-16-20(26-21)19-13-7-4-8-14-19/h3-8,10-11,13-14,16H,9,12,15,17H2,1-2H3,(H,23,24)(H,25,26). The molecule has 0 unspecified atom stereocenters. The van der Waals surface area contributed by atoms with Crippen molar-refractivity contribution in [3.05, 3.63) is 78.2 Å². The predicted molar refractivity (Wildman–Crippen MR) is 112 cm³/mol. The van der Waals surface area contributed by atoms with E-state index in [9.17, 15) is 0 Å². The molecule has 0 aliphatic heterocycles. The molecule has 0 atom stereocenters. The number of aromatic amines is 1. The van der Waals surface area contributed by atoms with Gasteiger partial charge in [0.2, 0.25) is 0 Å². The average Bonchev–Trinajstić information content (AvgIpc) is 3.18. The molecule has 5 heteroatoms. The molecule has 140 valence electrons. The van der Waals surface area contributed by atoms with Crippen molar-refractivity contribution in [2.75, 3.05) is 20.6 Å². The van der Waals surface area contributed by atoms with Crippen LogP contribution in [0.25, 0.3) is 11.3 Å². The van der Waals surface area contributed by atoms with E-state index in [2.05, 4.69) is 67.6 Å². The quantitative estimate of drug-likeness (QED) is 0.383. The summed E-state index contributed by atoms with van der Waals surface area (Å²) in [5.74, 6) is 1.80. The van der Waals surface area contributed by atoms with Crippen molar-refractivity contribution < 1.29 is 0 Å². The summed E-state index contributed by atoms with van der Waals surface area (Å²) < 4.78 is 0. The van der Waals surface area contributed by atoms with E-state index in [-0.39, 0.29) is 0 Å². The second kappa shape index (κ2) is 9.57. The van der Waals surface area contributed by atoms with Crippen LogP contribution in [0.15, 0.2) is 71.9 Å². The largest absolute Gasteiger partial charge is 0.356 e. The Hall–Kier alpha value is -3.08. The van der Waals surface area contributed by atoms with Crippen LogP contribution in [0.3, 0.4) is 0 Å². The first-order valence-corrected chi connectivity index (χ1v) is 9.31. The Morgan fingerprint density at radius 2 is 1.78 bits per heavy atom. The lowest BCUT2D eigenvalue weighted by atomic mass is 10.1. The molecule has 0 bridgehead atoms. The highest BCUT2D eigenvalue weighted by Gasteiger charge is 2.09. The van der Waals surface area contributed by atoms with E-state index in [1.54, 1.807) is 0 Å². The van der Waals surface area contributed by atoms with Gasteiger partial charge in [0.05, 0.1) is 18.4 Å². The van der Waals surface area contributed by atoms with Gasteiger partial charge in [-0.05, 0) is 24.0 Å². The Labute approximate surface area is 161 Å². The zero-order valence-corrected chi connectivity index (χ0v) is 16.0. The molecular weight excluding hydrogens is 334 g/mol. The number of hydrogen-bond acceptors (Lipinski definition) is 2. The molecule has 2 N–H and O–H groups in total. The van der Waals surface area contributed by atoms with Crippen LogP contribution in [0.1, 0.15) is 17.8 Å². The second-order valence-corrected chi connectivity index (χ2v) is 6.53. The highest BCUT2D eigenvalue weighted by molar-refractivity contribution is 5.79. The smallest absolute Gasteiger partial charge is 0.193 e. The fourth-order valence-corrected chi connectivity index (χ4v) is 3.03. The molecule has 0 saturated heterocycles. The molecule has 27 heavy (non-hydrogen) atoms. The summed E-state index contributed by atoms with van der Waals surface area (Å²) >= 11 is 0. The van der Waals surface area contributed by atoms with Crippen molar-refractivity contribution in [1.82, 2.24) is 20.2 Å². The molecule has 0 fully saturated rings. The molecule has 3 rings (SSSR count). The highest BCUT2D eigenvalue weighted by Crippen LogP contribution is 2.16. The fourth-order valence-electron chi connectivity index (χ4n) is 3.03. The highest BCUT2D eigenvalue weighted by atomic mass is 15.3. The van der Waals surface area contributed by atoms with E-state index < -0.39 is 0 Å². The van der Waals surface area contributed by atoms with Gasteiger partial charge in [-0.1, -0.05) is 60.7 Å². The van der Waals surface area contributed by atoms with Crippen LogP contribution < -0.4 is 5.32 Å². The van der Waals surface area contributed by atoms with Crippen LogP contribution in [0, 0.1) is 0 Å². The summed E-state index contributed by atoms with van der Waals surface area (Å²) in [5, 5.41) is 3.43. The summed E-state index contributed by atoms with van der Waals surface area (Å²) in [6.45, 7) is 1.56. The predicted octanol–water partition coefficient (Wildman–Crippen LogP) is 3.72. The van der Waals surface area contributed by atoms with Crippen LogP contribution in [-0.2, 0) is 13.0 Å². The Morgan fingerprint density at radius 1 is 1.07 bits per heavy atom. The van der Waals surface area contributed by atoms with Gasteiger partial charge >= 0.3 is 0 Å². The number of imidazole rings is 1. The molecule has 5 nitrogen and oxygen atoms in total. The SMILES string of the molecule is CN=C(NCCCc1ccccc1)N(C)Cc1ncc(-c2ccccc2)[nH]1. The van der Waals surface area contributed by atoms with E-state index in [1.165, 1.54) is 5.56 Å². The second-order valence-electron chi connectivity index (χ2n) is 6.53. The van der Waals surface area contributed by atoms with Gasteiger partial charge in [0, 0.05) is 20.6 Å². The monoisotopic (exact) mass is 361 g/mol. The Kier molecular flexibility index (Phi) is 6.63. The molecule has 3 aromatic rings. The molecule has 1 heterocycles. The molecule has 0 aliphatic carbocycles. The molecule has 0 radical (unpaired) electrons. The van der Waals surface area contributed by atoms with Crippen LogP contribution in [0.2, 0.25) is 0 Å². The maximum atomic E-state index is 4.51. The molecule has 0 saturated carbocycles. The van der Waals surface area contributed by atoms with Gasteiger partial charge in [0.1, 0.15) is 5.82 Å². The number of guanidine groups is 1. The number of hydrogen-bond donors (Lipinski definition) is 2. The average molecular weight is 361 g/mol. The lowest BCUT2D eigenvalue weighted by Gasteiger charge is -2.21. The minimum atomic E-state index is 0.672. The number of nitrogens with one attached hydrogen (secondary N) is 2. The summed E-state index contributed by atoms with van der Waals surface area (Å²) in [5.41, 5.74) is 3.54. The minimum absolute atomic E-state index is 0.672. The van der Waals surface area contributed by atoms with Crippen LogP contribution in [-0.4, -0.2) is 41.5 Å². The topological polar surface area (TPSA) is 56.3 Å². The van der Waals surface area contributed by atoms with E-state index in [0.717, 1.165) is 42.4 Å². The number of benzene rings is 2. The third-order valence-corrected chi connectivity index (χ3v) is 4.44. The first-order chi connectivity index (χ1) is 13.3. The Balaban J connectivity index is 1.49.